The zero-order valence-electron chi connectivity index (χ0n) is 14.3. The highest BCUT2D eigenvalue weighted by Crippen LogP contribution is 2.35. The fourth-order valence-electron chi connectivity index (χ4n) is 3.35. The molecular formula is C18H26N2O4. The fraction of sp³-hybridized carbons (Fsp3) is 0.556. The first kappa shape index (κ1) is 18.3. The smallest absolute Gasteiger partial charge is 0.317 e. The number of urea groups is 1. The number of carbonyl (C=O) groups excluding carboxylic acids is 1. The highest BCUT2D eigenvalue weighted by molar-refractivity contribution is 5.79. The van der Waals surface area contributed by atoms with E-state index in [2.05, 4.69) is 5.32 Å². The van der Waals surface area contributed by atoms with Gasteiger partial charge in [0.2, 0.25) is 0 Å². The van der Waals surface area contributed by atoms with E-state index in [1.165, 1.54) is 4.90 Å². The van der Waals surface area contributed by atoms with Crippen LogP contribution in [0, 0.1) is 12.3 Å². The number of carbonyl (C=O) groups is 2. The number of aliphatic hydroxyl groups excluding tert-OH is 1. The second-order valence-electron chi connectivity index (χ2n) is 6.52. The van der Waals surface area contributed by atoms with Gasteiger partial charge in [-0.1, -0.05) is 37.6 Å². The Kier molecular flexibility index (Phi) is 5.83. The standard InChI is InChI=1S/C18H26N2O4/c1-3-9-18(16(22)23)12-20(10-8-15(18)21)17(24)19-11-14-7-5-4-6-13(14)2/h4-7,15,21H,3,8-12H2,1-2H3,(H,19,24)(H,22,23)/t15-,18+/m0/s1. The van der Waals surface area contributed by atoms with Gasteiger partial charge in [0.25, 0.3) is 0 Å². The number of likely N-dealkylation sites (tertiary alicyclic amines) is 1. The summed E-state index contributed by atoms with van der Waals surface area (Å²) in [6, 6.07) is 7.51. The molecule has 0 spiro atoms. The third-order valence-corrected chi connectivity index (χ3v) is 4.88. The normalized spacial score (nSPS) is 23.8. The number of hydrogen-bond donors (Lipinski definition) is 3. The molecule has 1 aliphatic rings. The quantitative estimate of drug-likeness (QED) is 0.769. The van der Waals surface area contributed by atoms with E-state index in [1.54, 1.807) is 0 Å². The lowest BCUT2D eigenvalue weighted by Crippen LogP contribution is -2.58. The molecule has 6 nitrogen and oxygen atoms in total. The highest BCUT2D eigenvalue weighted by atomic mass is 16.4. The molecule has 2 amide bonds. The van der Waals surface area contributed by atoms with Crippen molar-refractivity contribution < 1.29 is 19.8 Å². The van der Waals surface area contributed by atoms with Crippen LogP contribution in [0.5, 0.6) is 0 Å². The Morgan fingerprint density at radius 1 is 1.38 bits per heavy atom. The topological polar surface area (TPSA) is 89.9 Å². The molecule has 1 fully saturated rings. The lowest BCUT2D eigenvalue weighted by Gasteiger charge is -2.43. The van der Waals surface area contributed by atoms with E-state index in [0.717, 1.165) is 11.1 Å². The summed E-state index contributed by atoms with van der Waals surface area (Å²) < 4.78 is 0. The number of aliphatic carboxylic acids is 1. The van der Waals surface area contributed by atoms with Gasteiger partial charge in [-0.05, 0) is 30.9 Å². The van der Waals surface area contributed by atoms with Crippen LogP contribution >= 0.6 is 0 Å². The number of nitrogens with zero attached hydrogens (tertiary/aromatic N) is 1. The maximum Gasteiger partial charge on any atom is 0.317 e. The third kappa shape index (κ3) is 3.70. The van der Waals surface area contributed by atoms with Gasteiger partial charge in [0, 0.05) is 19.6 Å². The zero-order chi connectivity index (χ0) is 17.7. The summed E-state index contributed by atoms with van der Waals surface area (Å²) in [5.74, 6) is -1.03. The van der Waals surface area contributed by atoms with Gasteiger partial charge in [0.1, 0.15) is 5.41 Å². The summed E-state index contributed by atoms with van der Waals surface area (Å²) in [5.41, 5.74) is 0.853. The number of rotatable bonds is 5. The van der Waals surface area contributed by atoms with Crippen LogP contribution in [0.25, 0.3) is 0 Å². The maximum atomic E-state index is 12.4. The zero-order valence-corrected chi connectivity index (χ0v) is 14.3. The molecule has 0 saturated carbocycles. The Morgan fingerprint density at radius 3 is 2.71 bits per heavy atom. The van der Waals surface area contributed by atoms with E-state index in [9.17, 15) is 19.8 Å². The Labute approximate surface area is 142 Å². The number of nitrogens with one attached hydrogen (secondary N) is 1. The molecule has 2 rings (SSSR count). The maximum absolute atomic E-state index is 12.4. The van der Waals surface area contributed by atoms with E-state index in [1.807, 2.05) is 38.1 Å². The van der Waals surface area contributed by atoms with Crippen LogP contribution in [-0.4, -0.2) is 46.3 Å². The van der Waals surface area contributed by atoms with Crippen molar-refractivity contribution in [2.75, 3.05) is 13.1 Å². The van der Waals surface area contributed by atoms with Crippen molar-refractivity contribution in [2.45, 2.75) is 45.8 Å². The van der Waals surface area contributed by atoms with E-state index in [0.29, 0.717) is 25.9 Å². The number of piperidine rings is 1. The van der Waals surface area contributed by atoms with Crippen molar-refractivity contribution in [3.63, 3.8) is 0 Å². The average molecular weight is 334 g/mol. The third-order valence-electron chi connectivity index (χ3n) is 4.88. The largest absolute Gasteiger partial charge is 0.481 e. The first-order valence-electron chi connectivity index (χ1n) is 8.39. The van der Waals surface area contributed by atoms with Crippen LogP contribution in [0.1, 0.15) is 37.3 Å². The van der Waals surface area contributed by atoms with Crippen LogP contribution < -0.4 is 5.32 Å². The molecule has 1 aromatic carbocycles. The molecule has 24 heavy (non-hydrogen) atoms. The first-order chi connectivity index (χ1) is 11.4. The number of amides is 2. The van der Waals surface area contributed by atoms with Gasteiger partial charge in [-0.15, -0.1) is 0 Å². The lowest BCUT2D eigenvalue weighted by molar-refractivity contribution is -0.162. The molecule has 0 bridgehead atoms. The molecule has 0 unspecified atom stereocenters. The number of hydrogen-bond acceptors (Lipinski definition) is 3. The summed E-state index contributed by atoms with van der Waals surface area (Å²) >= 11 is 0. The molecular weight excluding hydrogens is 308 g/mol. The monoisotopic (exact) mass is 334 g/mol. The lowest BCUT2D eigenvalue weighted by atomic mass is 9.74. The van der Waals surface area contributed by atoms with Gasteiger partial charge in [-0.2, -0.15) is 0 Å². The predicted molar refractivity (Wildman–Crippen MR) is 90.6 cm³/mol. The fourth-order valence-corrected chi connectivity index (χ4v) is 3.35. The van der Waals surface area contributed by atoms with Gasteiger partial charge in [-0.3, -0.25) is 4.79 Å². The molecule has 132 valence electrons. The number of carboxylic acid groups (broad SMARTS) is 1. The molecule has 0 radical (unpaired) electrons. The summed E-state index contributed by atoms with van der Waals surface area (Å²) in [4.78, 5) is 25.7. The van der Waals surface area contributed by atoms with Crippen molar-refractivity contribution in [1.29, 1.82) is 0 Å². The molecule has 6 heteroatoms. The Morgan fingerprint density at radius 2 is 2.08 bits per heavy atom. The van der Waals surface area contributed by atoms with Crippen molar-refractivity contribution in [3.8, 4) is 0 Å². The minimum Gasteiger partial charge on any atom is -0.481 e. The van der Waals surface area contributed by atoms with Gasteiger partial charge in [-0.25, -0.2) is 4.79 Å². The van der Waals surface area contributed by atoms with E-state index >= 15 is 0 Å². The van der Waals surface area contributed by atoms with Crippen LogP contribution in [-0.2, 0) is 11.3 Å². The van der Waals surface area contributed by atoms with Crippen LogP contribution in [0.15, 0.2) is 24.3 Å². The van der Waals surface area contributed by atoms with Crippen molar-refractivity contribution in [1.82, 2.24) is 10.2 Å². The van der Waals surface area contributed by atoms with E-state index < -0.39 is 17.5 Å². The van der Waals surface area contributed by atoms with E-state index in [-0.39, 0.29) is 19.0 Å². The molecule has 1 aliphatic heterocycles. The molecule has 1 aromatic rings. The van der Waals surface area contributed by atoms with Gasteiger partial charge >= 0.3 is 12.0 Å². The number of aliphatic hydroxyl groups is 1. The predicted octanol–water partition coefficient (Wildman–Crippen LogP) is 2.14. The molecule has 0 aromatic heterocycles. The molecule has 3 N–H and O–H groups in total. The summed E-state index contributed by atoms with van der Waals surface area (Å²) in [6.07, 6.45) is 0.354. The summed E-state index contributed by atoms with van der Waals surface area (Å²) in [7, 11) is 0. The van der Waals surface area contributed by atoms with Gasteiger partial charge in [0.15, 0.2) is 0 Å². The number of benzene rings is 1. The summed E-state index contributed by atoms with van der Waals surface area (Å²) in [5, 5.41) is 22.7. The molecule has 1 heterocycles. The van der Waals surface area contributed by atoms with Gasteiger partial charge < -0.3 is 20.4 Å². The SMILES string of the molecule is CCC[C@@]1(C(=O)O)CN(C(=O)NCc2ccccc2C)CC[C@@H]1O. The first-order valence-corrected chi connectivity index (χ1v) is 8.39. The Bertz CT molecular complexity index is 604. The second kappa shape index (κ2) is 7.66. The van der Waals surface area contributed by atoms with Crippen molar-refractivity contribution in [2.24, 2.45) is 5.41 Å². The highest BCUT2D eigenvalue weighted by Gasteiger charge is 2.49. The van der Waals surface area contributed by atoms with Crippen LogP contribution in [0.3, 0.4) is 0 Å². The van der Waals surface area contributed by atoms with E-state index in [4.69, 9.17) is 0 Å². The van der Waals surface area contributed by atoms with Crippen molar-refractivity contribution in [3.05, 3.63) is 35.4 Å². The number of aryl methyl sites for hydroxylation is 1. The second-order valence-corrected chi connectivity index (χ2v) is 6.52. The molecule has 0 aliphatic carbocycles. The Hall–Kier alpha value is -2.08. The summed E-state index contributed by atoms with van der Waals surface area (Å²) in [6.45, 7) is 4.67. The molecule has 2 atom stereocenters. The minimum atomic E-state index is -1.27. The van der Waals surface area contributed by atoms with Crippen LogP contribution in [0.4, 0.5) is 4.79 Å². The number of carboxylic acids is 1. The Balaban J connectivity index is 2.04. The van der Waals surface area contributed by atoms with Crippen molar-refractivity contribution >= 4 is 12.0 Å². The minimum absolute atomic E-state index is 0.0386. The van der Waals surface area contributed by atoms with Crippen LogP contribution in [0.2, 0.25) is 0 Å². The van der Waals surface area contributed by atoms with Gasteiger partial charge in [0.05, 0.1) is 6.10 Å². The average Bonchev–Trinajstić information content (AvgIpc) is 2.56. The molecule has 1 saturated heterocycles.